The Morgan fingerprint density at radius 1 is 1.50 bits per heavy atom. The Morgan fingerprint density at radius 3 is 3.00 bits per heavy atom. The van der Waals surface area contributed by atoms with Crippen LogP contribution >= 0.6 is 0 Å². The molecule has 5 nitrogen and oxygen atoms in total. The molecule has 0 aliphatic carbocycles. The first kappa shape index (κ1) is 14.5. The van der Waals surface area contributed by atoms with Crippen LogP contribution < -0.4 is 10.6 Å². The van der Waals surface area contributed by atoms with Crippen LogP contribution in [0.1, 0.15) is 11.1 Å². The standard InChI is InChI=1S/C15H20N4O/c1-11-3-4-13(7-12(11)2)18-15(20)10-19-6-5-17-9-14(19)8-16/h3-4,7,14,17H,5-6,9-10H2,1-2H3,(H,18,20). The van der Waals surface area contributed by atoms with E-state index in [1.54, 1.807) is 0 Å². The summed E-state index contributed by atoms with van der Waals surface area (Å²) in [7, 11) is 0. The molecule has 106 valence electrons. The maximum Gasteiger partial charge on any atom is 0.238 e. The van der Waals surface area contributed by atoms with Crippen LogP contribution in [0.2, 0.25) is 0 Å². The highest BCUT2D eigenvalue weighted by Gasteiger charge is 2.23. The van der Waals surface area contributed by atoms with Gasteiger partial charge in [0.25, 0.3) is 0 Å². The number of carbonyl (C=O) groups excluding carboxylic acids is 1. The molecule has 1 aromatic carbocycles. The summed E-state index contributed by atoms with van der Waals surface area (Å²) in [6.45, 7) is 6.47. The number of amides is 1. The van der Waals surface area contributed by atoms with Gasteiger partial charge in [-0.05, 0) is 37.1 Å². The zero-order valence-corrected chi connectivity index (χ0v) is 11.9. The number of carbonyl (C=O) groups is 1. The van der Waals surface area contributed by atoms with Gasteiger partial charge in [0.05, 0.1) is 12.6 Å². The lowest BCUT2D eigenvalue weighted by atomic mass is 10.1. The second-order valence-corrected chi connectivity index (χ2v) is 5.17. The predicted octanol–water partition coefficient (Wildman–Crippen LogP) is 1.04. The first-order chi connectivity index (χ1) is 9.60. The zero-order valence-electron chi connectivity index (χ0n) is 11.9. The maximum absolute atomic E-state index is 12.1. The summed E-state index contributed by atoms with van der Waals surface area (Å²) in [5.41, 5.74) is 3.16. The number of nitrogens with zero attached hydrogens (tertiary/aromatic N) is 2. The highest BCUT2D eigenvalue weighted by molar-refractivity contribution is 5.92. The molecule has 0 saturated carbocycles. The van der Waals surface area contributed by atoms with Crippen LogP contribution in [0.3, 0.4) is 0 Å². The van der Waals surface area contributed by atoms with E-state index < -0.39 is 0 Å². The predicted molar refractivity (Wildman–Crippen MR) is 78.4 cm³/mol. The van der Waals surface area contributed by atoms with E-state index in [9.17, 15) is 4.79 Å². The molecule has 1 heterocycles. The largest absolute Gasteiger partial charge is 0.325 e. The minimum Gasteiger partial charge on any atom is -0.325 e. The molecular weight excluding hydrogens is 252 g/mol. The second kappa shape index (κ2) is 6.51. The van der Waals surface area contributed by atoms with Gasteiger partial charge in [0.15, 0.2) is 0 Å². The average Bonchev–Trinajstić information content (AvgIpc) is 2.43. The fraction of sp³-hybridized carbons (Fsp3) is 0.467. The fourth-order valence-electron chi connectivity index (χ4n) is 2.27. The monoisotopic (exact) mass is 272 g/mol. The van der Waals surface area contributed by atoms with Crippen molar-refractivity contribution in [2.24, 2.45) is 0 Å². The molecule has 2 N–H and O–H groups in total. The van der Waals surface area contributed by atoms with E-state index >= 15 is 0 Å². The average molecular weight is 272 g/mol. The van der Waals surface area contributed by atoms with E-state index in [0.717, 1.165) is 24.3 Å². The number of aryl methyl sites for hydroxylation is 2. The Morgan fingerprint density at radius 2 is 2.30 bits per heavy atom. The quantitative estimate of drug-likeness (QED) is 0.862. The van der Waals surface area contributed by atoms with E-state index in [0.29, 0.717) is 6.54 Å². The molecular formula is C15H20N4O. The summed E-state index contributed by atoms with van der Waals surface area (Å²) < 4.78 is 0. The van der Waals surface area contributed by atoms with Gasteiger partial charge in [-0.1, -0.05) is 6.07 Å². The van der Waals surface area contributed by atoms with Gasteiger partial charge in [-0.15, -0.1) is 0 Å². The number of nitrogens with one attached hydrogen (secondary N) is 2. The molecule has 1 aromatic rings. The molecule has 0 spiro atoms. The molecule has 1 atom stereocenters. The molecule has 0 aromatic heterocycles. The molecule has 1 aliphatic rings. The van der Waals surface area contributed by atoms with E-state index in [2.05, 4.69) is 16.7 Å². The number of benzene rings is 1. The van der Waals surface area contributed by atoms with Crippen molar-refractivity contribution in [1.82, 2.24) is 10.2 Å². The number of piperazine rings is 1. The van der Waals surface area contributed by atoms with E-state index in [-0.39, 0.29) is 18.5 Å². The van der Waals surface area contributed by atoms with Crippen molar-refractivity contribution < 1.29 is 4.79 Å². The van der Waals surface area contributed by atoms with Crippen molar-refractivity contribution in [3.63, 3.8) is 0 Å². The van der Waals surface area contributed by atoms with Crippen molar-refractivity contribution >= 4 is 11.6 Å². The Bertz CT molecular complexity index is 535. The first-order valence-corrected chi connectivity index (χ1v) is 6.81. The third-order valence-electron chi connectivity index (χ3n) is 3.64. The number of hydrogen-bond acceptors (Lipinski definition) is 4. The molecule has 1 fully saturated rings. The van der Waals surface area contributed by atoms with Crippen molar-refractivity contribution in [3.8, 4) is 6.07 Å². The smallest absolute Gasteiger partial charge is 0.238 e. The topological polar surface area (TPSA) is 68.2 Å². The molecule has 1 aliphatic heterocycles. The molecule has 1 unspecified atom stereocenters. The van der Waals surface area contributed by atoms with Gasteiger partial charge in [0.2, 0.25) is 5.91 Å². The van der Waals surface area contributed by atoms with Gasteiger partial charge in [-0.2, -0.15) is 5.26 Å². The second-order valence-electron chi connectivity index (χ2n) is 5.17. The number of anilines is 1. The van der Waals surface area contributed by atoms with E-state index in [1.807, 2.05) is 36.9 Å². The Hall–Kier alpha value is -1.90. The van der Waals surface area contributed by atoms with Gasteiger partial charge in [-0.3, -0.25) is 9.69 Å². The maximum atomic E-state index is 12.1. The van der Waals surface area contributed by atoms with Crippen LogP contribution in [0.25, 0.3) is 0 Å². The molecule has 0 radical (unpaired) electrons. The lowest BCUT2D eigenvalue weighted by Crippen LogP contribution is -2.52. The van der Waals surface area contributed by atoms with Crippen LogP contribution in [0.5, 0.6) is 0 Å². The summed E-state index contributed by atoms with van der Waals surface area (Å²) in [6.07, 6.45) is 0. The summed E-state index contributed by atoms with van der Waals surface area (Å²) in [6, 6.07) is 7.86. The normalized spacial score (nSPS) is 19.4. The van der Waals surface area contributed by atoms with Crippen molar-refractivity contribution in [3.05, 3.63) is 29.3 Å². The molecule has 2 rings (SSSR count). The Labute approximate surface area is 119 Å². The van der Waals surface area contributed by atoms with Gasteiger partial charge >= 0.3 is 0 Å². The van der Waals surface area contributed by atoms with Crippen LogP contribution in [0.15, 0.2) is 18.2 Å². The Balaban J connectivity index is 1.94. The zero-order chi connectivity index (χ0) is 14.5. The minimum atomic E-state index is -0.228. The first-order valence-electron chi connectivity index (χ1n) is 6.81. The molecule has 20 heavy (non-hydrogen) atoms. The minimum absolute atomic E-state index is 0.0737. The summed E-state index contributed by atoms with van der Waals surface area (Å²) in [5.74, 6) is -0.0737. The molecule has 1 amide bonds. The van der Waals surface area contributed by atoms with Gasteiger partial charge < -0.3 is 10.6 Å². The van der Waals surface area contributed by atoms with Crippen molar-refractivity contribution in [2.45, 2.75) is 19.9 Å². The molecule has 0 bridgehead atoms. The molecule has 5 heteroatoms. The van der Waals surface area contributed by atoms with Crippen molar-refractivity contribution in [1.29, 1.82) is 5.26 Å². The number of rotatable bonds is 3. The SMILES string of the molecule is Cc1ccc(NC(=O)CN2CCNCC2C#N)cc1C. The van der Waals surface area contributed by atoms with E-state index in [4.69, 9.17) is 5.26 Å². The number of hydrogen-bond donors (Lipinski definition) is 2. The number of nitriles is 1. The van der Waals surface area contributed by atoms with Gasteiger partial charge in [-0.25, -0.2) is 0 Å². The fourth-order valence-corrected chi connectivity index (χ4v) is 2.27. The van der Waals surface area contributed by atoms with Crippen LogP contribution in [-0.2, 0) is 4.79 Å². The Kier molecular flexibility index (Phi) is 4.72. The highest BCUT2D eigenvalue weighted by atomic mass is 16.2. The molecule has 1 saturated heterocycles. The summed E-state index contributed by atoms with van der Waals surface area (Å²) in [4.78, 5) is 14.0. The van der Waals surface area contributed by atoms with Crippen molar-refractivity contribution in [2.75, 3.05) is 31.5 Å². The van der Waals surface area contributed by atoms with Gasteiger partial charge in [0.1, 0.15) is 6.04 Å². The third kappa shape index (κ3) is 3.56. The highest BCUT2D eigenvalue weighted by Crippen LogP contribution is 2.14. The third-order valence-corrected chi connectivity index (χ3v) is 3.64. The van der Waals surface area contributed by atoms with Crippen LogP contribution in [0, 0.1) is 25.2 Å². The lowest BCUT2D eigenvalue weighted by Gasteiger charge is -2.31. The van der Waals surface area contributed by atoms with E-state index in [1.165, 1.54) is 5.56 Å². The lowest BCUT2D eigenvalue weighted by molar-refractivity contribution is -0.117. The summed E-state index contributed by atoms with van der Waals surface area (Å²) >= 11 is 0. The summed E-state index contributed by atoms with van der Waals surface area (Å²) in [5, 5.41) is 15.1. The van der Waals surface area contributed by atoms with Crippen LogP contribution in [-0.4, -0.2) is 43.0 Å². The van der Waals surface area contributed by atoms with Gasteiger partial charge in [0, 0.05) is 25.3 Å². The van der Waals surface area contributed by atoms with Crippen LogP contribution in [0.4, 0.5) is 5.69 Å².